The van der Waals surface area contributed by atoms with Crippen molar-refractivity contribution in [3.63, 3.8) is 0 Å². The Morgan fingerprint density at radius 3 is 2.33 bits per heavy atom. The average Bonchev–Trinajstić information content (AvgIpc) is 2.55. The van der Waals surface area contributed by atoms with Gasteiger partial charge in [0, 0.05) is 6.42 Å². The molecule has 0 aliphatic rings. The Bertz CT molecular complexity index is 707. The normalized spacial score (nSPS) is 12.2. The predicted molar refractivity (Wildman–Crippen MR) is 85.5 cm³/mol. The smallest absolute Gasteiger partial charge is 0.119 e. The molecule has 0 spiro atoms. The Morgan fingerprint density at radius 1 is 0.810 bits per heavy atom. The van der Waals surface area contributed by atoms with Crippen molar-refractivity contribution in [1.82, 2.24) is 0 Å². The van der Waals surface area contributed by atoms with Crippen LogP contribution in [0.2, 0.25) is 0 Å². The fourth-order valence-corrected chi connectivity index (χ4v) is 2.39. The van der Waals surface area contributed by atoms with E-state index in [0.29, 0.717) is 13.0 Å². The van der Waals surface area contributed by atoms with E-state index < -0.39 is 6.10 Å². The first-order valence-corrected chi connectivity index (χ1v) is 7.17. The first kappa shape index (κ1) is 13.7. The number of hydrogen-bond acceptors (Lipinski definition) is 2. The quantitative estimate of drug-likeness (QED) is 0.752. The zero-order valence-electron chi connectivity index (χ0n) is 11.8. The van der Waals surface area contributed by atoms with Gasteiger partial charge in [-0.05, 0) is 28.5 Å². The van der Waals surface area contributed by atoms with Crippen LogP contribution in [-0.4, -0.2) is 11.7 Å². The molecule has 2 nitrogen and oxygen atoms in total. The van der Waals surface area contributed by atoms with Gasteiger partial charge in [-0.25, -0.2) is 0 Å². The summed E-state index contributed by atoms with van der Waals surface area (Å²) < 4.78 is 5.75. The summed E-state index contributed by atoms with van der Waals surface area (Å²) in [6.07, 6.45) is 0.100. The summed E-state index contributed by atoms with van der Waals surface area (Å²) in [6, 6.07) is 23.9. The van der Waals surface area contributed by atoms with Gasteiger partial charge >= 0.3 is 0 Å². The molecule has 3 rings (SSSR count). The Labute approximate surface area is 124 Å². The molecule has 0 aromatic heterocycles. The van der Waals surface area contributed by atoms with Crippen molar-refractivity contribution in [1.29, 1.82) is 0 Å². The molecule has 0 amide bonds. The highest BCUT2D eigenvalue weighted by atomic mass is 16.5. The van der Waals surface area contributed by atoms with Gasteiger partial charge in [-0.15, -0.1) is 0 Å². The van der Waals surface area contributed by atoms with Crippen molar-refractivity contribution >= 4 is 10.8 Å². The maximum Gasteiger partial charge on any atom is 0.119 e. The van der Waals surface area contributed by atoms with Crippen LogP contribution in [0.5, 0.6) is 5.75 Å². The second kappa shape index (κ2) is 6.42. The Balaban J connectivity index is 1.59. The highest BCUT2D eigenvalue weighted by Gasteiger charge is 2.07. The molecule has 2 heteroatoms. The summed E-state index contributed by atoms with van der Waals surface area (Å²) in [6.45, 7) is 0.494. The van der Waals surface area contributed by atoms with Gasteiger partial charge in [0.1, 0.15) is 5.75 Å². The molecule has 0 radical (unpaired) electrons. The summed E-state index contributed by atoms with van der Waals surface area (Å²) in [4.78, 5) is 0. The Hall–Kier alpha value is -2.32. The molecule has 0 aliphatic heterocycles. The van der Waals surface area contributed by atoms with Gasteiger partial charge in [-0.3, -0.25) is 0 Å². The molecule has 0 saturated heterocycles. The van der Waals surface area contributed by atoms with Crippen LogP contribution in [0, 0.1) is 0 Å². The molecule has 21 heavy (non-hydrogen) atoms. The molecule has 0 aliphatic carbocycles. The third-order valence-corrected chi connectivity index (χ3v) is 3.57. The SMILES string of the molecule is O[C@H](CCOc1ccc2ccccc2c1)c1ccccc1. The number of hydrogen-bond donors (Lipinski definition) is 1. The van der Waals surface area contributed by atoms with Crippen LogP contribution in [0.15, 0.2) is 72.8 Å². The summed E-state index contributed by atoms with van der Waals surface area (Å²) >= 11 is 0. The van der Waals surface area contributed by atoms with Gasteiger partial charge in [0.05, 0.1) is 12.7 Å². The van der Waals surface area contributed by atoms with E-state index in [4.69, 9.17) is 4.74 Å². The van der Waals surface area contributed by atoms with Gasteiger partial charge in [-0.2, -0.15) is 0 Å². The van der Waals surface area contributed by atoms with Crippen LogP contribution < -0.4 is 4.74 Å². The minimum Gasteiger partial charge on any atom is -0.493 e. The largest absolute Gasteiger partial charge is 0.493 e. The van der Waals surface area contributed by atoms with Crippen molar-refractivity contribution in [2.24, 2.45) is 0 Å². The van der Waals surface area contributed by atoms with Gasteiger partial charge in [-0.1, -0.05) is 60.7 Å². The lowest BCUT2D eigenvalue weighted by molar-refractivity contribution is 0.141. The van der Waals surface area contributed by atoms with E-state index in [1.165, 1.54) is 10.8 Å². The third kappa shape index (κ3) is 3.41. The second-order valence-corrected chi connectivity index (χ2v) is 5.07. The van der Waals surface area contributed by atoms with Crippen molar-refractivity contribution in [2.45, 2.75) is 12.5 Å². The second-order valence-electron chi connectivity index (χ2n) is 5.07. The standard InChI is InChI=1S/C19H18O2/c20-19(16-7-2-1-3-8-16)12-13-21-18-11-10-15-6-4-5-9-17(15)14-18/h1-11,14,19-20H,12-13H2/t19-/m1/s1. The monoisotopic (exact) mass is 278 g/mol. The van der Waals surface area contributed by atoms with Crippen molar-refractivity contribution in [3.05, 3.63) is 78.4 Å². The Morgan fingerprint density at radius 2 is 1.52 bits per heavy atom. The molecular weight excluding hydrogens is 260 g/mol. The molecule has 0 fully saturated rings. The minimum atomic E-state index is -0.480. The predicted octanol–water partition coefficient (Wildman–Crippen LogP) is 4.34. The maximum atomic E-state index is 10.1. The van der Waals surface area contributed by atoms with E-state index in [1.54, 1.807) is 0 Å². The summed E-state index contributed by atoms with van der Waals surface area (Å²) in [5.74, 6) is 0.842. The van der Waals surface area contributed by atoms with Crippen LogP contribution in [0.3, 0.4) is 0 Å². The molecule has 1 atom stereocenters. The molecule has 3 aromatic rings. The average molecular weight is 278 g/mol. The molecule has 1 N–H and O–H groups in total. The van der Waals surface area contributed by atoms with E-state index in [-0.39, 0.29) is 0 Å². The van der Waals surface area contributed by atoms with E-state index >= 15 is 0 Å². The first-order chi connectivity index (χ1) is 10.3. The maximum absolute atomic E-state index is 10.1. The first-order valence-electron chi connectivity index (χ1n) is 7.17. The Kier molecular flexibility index (Phi) is 4.17. The lowest BCUT2D eigenvalue weighted by Crippen LogP contribution is -2.05. The number of aliphatic hydroxyl groups excluding tert-OH is 1. The topological polar surface area (TPSA) is 29.5 Å². The number of aliphatic hydroxyl groups is 1. The van der Waals surface area contributed by atoms with Gasteiger partial charge in [0.25, 0.3) is 0 Å². The van der Waals surface area contributed by atoms with E-state index in [0.717, 1.165) is 11.3 Å². The van der Waals surface area contributed by atoms with Crippen LogP contribution in [-0.2, 0) is 0 Å². The van der Waals surface area contributed by atoms with Crippen molar-refractivity contribution in [2.75, 3.05) is 6.61 Å². The third-order valence-electron chi connectivity index (χ3n) is 3.57. The zero-order valence-corrected chi connectivity index (χ0v) is 11.8. The number of fused-ring (bicyclic) bond motifs is 1. The van der Waals surface area contributed by atoms with Crippen molar-refractivity contribution in [3.8, 4) is 5.75 Å². The fourth-order valence-electron chi connectivity index (χ4n) is 2.39. The van der Waals surface area contributed by atoms with E-state index in [1.807, 2.05) is 54.6 Å². The number of rotatable bonds is 5. The number of benzene rings is 3. The fraction of sp³-hybridized carbons (Fsp3) is 0.158. The van der Waals surface area contributed by atoms with E-state index in [2.05, 4.69) is 18.2 Å². The summed E-state index contributed by atoms with van der Waals surface area (Å²) in [7, 11) is 0. The molecule has 0 bridgehead atoms. The van der Waals surface area contributed by atoms with Gasteiger partial charge in [0.15, 0.2) is 0 Å². The van der Waals surface area contributed by atoms with Gasteiger partial charge in [0.2, 0.25) is 0 Å². The van der Waals surface area contributed by atoms with Crippen LogP contribution in [0.1, 0.15) is 18.1 Å². The highest BCUT2D eigenvalue weighted by molar-refractivity contribution is 5.83. The summed E-state index contributed by atoms with van der Waals surface area (Å²) in [5.41, 5.74) is 0.930. The van der Waals surface area contributed by atoms with E-state index in [9.17, 15) is 5.11 Å². The van der Waals surface area contributed by atoms with Crippen LogP contribution >= 0.6 is 0 Å². The lowest BCUT2D eigenvalue weighted by atomic mass is 10.1. The zero-order chi connectivity index (χ0) is 14.5. The molecule has 106 valence electrons. The summed E-state index contributed by atoms with van der Waals surface area (Å²) in [5, 5.41) is 12.5. The van der Waals surface area contributed by atoms with Crippen LogP contribution in [0.4, 0.5) is 0 Å². The van der Waals surface area contributed by atoms with Gasteiger partial charge < -0.3 is 9.84 Å². The molecule has 3 aromatic carbocycles. The molecule has 0 saturated carbocycles. The minimum absolute atomic E-state index is 0.480. The molecular formula is C19H18O2. The molecule has 0 unspecified atom stereocenters. The number of ether oxygens (including phenoxy) is 1. The van der Waals surface area contributed by atoms with Crippen molar-refractivity contribution < 1.29 is 9.84 Å². The highest BCUT2D eigenvalue weighted by Crippen LogP contribution is 2.22. The molecule has 0 heterocycles. The lowest BCUT2D eigenvalue weighted by Gasteiger charge is -2.12. The van der Waals surface area contributed by atoms with Crippen LogP contribution in [0.25, 0.3) is 10.8 Å².